The summed E-state index contributed by atoms with van der Waals surface area (Å²) in [6.07, 6.45) is 1.56. The van der Waals surface area contributed by atoms with Gasteiger partial charge in [-0.15, -0.1) is 0 Å². The van der Waals surface area contributed by atoms with E-state index in [2.05, 4.69) is 0 Å². The molecule has 0 amide bonds. The van der Waals surface area contributed by atoms with Gasteiger partial charge in [-0.2, -0.15) is 0 Å². The first-order chi connectivity index (χ1) is 7.96. The Hall–Kier alpha value is -0.650. The molecule has 1 aliphatic heterocycles. The number of ether oxygens (including phenoxy) is 3. The van der Waals surface area contributed by atoms with Crippen molar-refractivity contribution in [2.75, 3.05) is 33.5 Å². The standard InChI is InChI=1S/C12H23NO4/c1-11(2,10(14)15-3)9-17-12(8-13)4-6-16-7-5-12/h4-9,13H2,1-3H3. The second-order valence-electron chi connectivity index (χ2n) is 5.16. The molecule has 0 aromatic carbocycles. The molecule has 1 aliphatic rings. The molecule has 5 heteroatoms. The number of carbonyl (C=O) groups excluding carboxylic acids is 1. The van der Waals surface area contributed by atoms with Crippen molar-refractivity contribution in [3.8, 4) is 0 Å². The van der Waals surface area contributed by atoms with E-state index in [4.69, 9.17) is 19.9 Å². The fraction of sp³-hybridized carbons (Fsp3) is 0.917. The summed E-state index contributed by atoms with van der Waals surface area (Å²) >= 11 is 0. The maximum absolute atomic E-state index is 11.5. The Morgan fingerprint density at radius 3 is 2.47 bits per heavy atom. The Morgan fingerprint density at radius 1 is 1.41 bits per heavy atom. The van der Waals surface area contributed by atoms with Crippen LogP contribution in [0.2, 0.25) is 0 Å². The fourth-order valence-electron chi connectivity index (χ4n) is 1.82. The van der Waals surface area contributed by atoms with Gasteiger partial charge in [0.25, 0.3) is 0 Å². The van der Waals surface area contributed by atoms with Crippen molar-refractivity contribution >= 4 is 5.97 Å². The monoisotopic (exact) mass is 245 g/mol. The topological polar surface area (TPSA) is 70.8 Å². The van der Waals surface area contributed by atoms with Crippen molar-refractivity contribution in [3.05, 3.63) is 0 Å². The van der Waals surface area contributed by atoms with Crippen LogP contribution >= 0.6 is 0 Å². The van der Waals surface area contributed by atoms with Crippen molar-refractivity contribution in [2.45, 2.75) is 32.3 Å². The third kappa shape index (κ3) is 3.66. The summed E-state index contributed by atoms with van der Waals surface area (Å²) in [5.41, 5.74) is 4.79. The van der Waals surface area contributed by atoms with Crippen LogP contribution in [0.25, 0.3) is 0 Å². The predicted molar refractivity (Wildman–Crippen MR) is 63.6 cm³/mol. The van der Waals surface area contributed by atoms with Crippen LogP contribution in [0.1, 0.15) is 26.7 Å². The molecular weight excluding hydrogens is 222 g/mol. The fourth-order valence-corrected chi connectivity index (χ4v) is 1.82. The Bertz CT molecular complexity index is 259. The molecule has 1 heterocycles. The molecule has 1 saturated heterocycles. The van der Waals surface area contributed by atoms with E-state index >= 15 is 0 Å². The SMILES string of the molecule is COC(=O)C(C)(C)COC1(CN)CCOCC1. The second kappa shape index (κ2) is 5.80. The van der Waals surface area contributed by atoms with E-state index in [1.54, 1.807) is 0 Å². The molecule has 1 fully saturated rings. The van der Waals surface area contributed by atoms with Crippen LogP contribution < -0.4 is 5.73 Å². The molecule has 0 radical (unpaired) electrons. The molecule has 0 aromatic heterocycles. The van der Waals surface area contributed by atoms with Crippen molar-refractivity contribution in [1.82, 2.24) is 0 Å². The number of hydrogen-bond acceptors (Lipinski definition) is 5. The lowest BCUT2D eigenvalue weighted by atomic mass is 9.91. The minimum Gasteiger partial charge on any atom is -0.469 e. The van der Waals surface area contributed by atoms with Gasteiger partial charge in [0.15, 0.2) is 0 Å². The number of rotatable bonds is 5. The van der Waals surface area contributed by atoms with Gasteiger partial charge in [-0.25, -0.2) is 0 Å². The zero-order chi connectivity index (χ0) is 12.9. The van der Waals surface area contributed by atoms with Gasteiger partial charge in [0.2, 0.25) is 0 Å². The molecule has 2 N–H and O–H groups in total. The Labute approximate surface area is 103 Å². The normalized spacial score (nSPS) is 20.0. The lowest BCUT2D eigenvalue weighted by molar-refractivity contribution is -0.164. The molecule has 0 aliphatic carbocycles. The lowest BCUT2D eigenvalue weighted by Gasteiger charge is -2.38. The number of esters is 1. The van der Waals surface area contributed by atoms with Crippen molar-refractivity contribution in [1.29, 1.82) is 0 Å². The van der Waals surface area contributed by atoms with Gasteiger partial charge < -0.3 is 19.9 Å². The highest BCUT2D eigenvalue weighted by Crippen LogP contribution is 2.28. The summed E-state index contributed by atoms with van der Waals surface area (Å²) in [4.78, 5) is 11.5. The van der Waals surface area contributed by atoms with Crippen LogP contribution in [-0.2, 0) is 19.0 Å². The summed E-state index contributed by atoms with van der Waals surface area (Å²) in [6.45, 7) is 5.71. The van der Waals surface area contributed by atoms with Gasteiger partial charge in [0.05, 0.1) is 24.7 Å². The van der Waals surface area contributed by atoms with Gasteiger partial charge in [-0.05, 0) is 13.8 Å². The second-order valence-corrected chi connectivity index (χ2v) is 5.16. The van der Waals surface area contributed by atoms with Gasteiger partial charge in [0, 0.05) is 32.6 Å². The number of methoxy groups -OCH3 is 1. The Morgan fingerprint density at radius 2 is 2.00 bits per heavy atom. The van der Waals surface area contributed by atoms with Crippen LogP contribution in [-0.4, -0.2) is 45.0 Å². The summed E-state index contributed by atoms with van der Waals surface area (Å²) in [6, 6.07) is 0. The summed E-state index contributed by atoms with van der Waals surface area (Å²) in [5, 5.41) is 0. The molecule has 0 atom stereocenters. The van der Waals surface area contributed by atoms with E-state index in [-0.39, 0.29) is 11.6 Å². The zero-order valence-corrected chi connectivity index (χ0v) is 11.0. The van der Waals surface area contributed by atoms with Gasteiger partial charge in [0.1, 0.15) is 0 Å². The van der Waals surface area contributed by atoms with Crippen LogP contribution in [0.3, 0.4) is 0 Å². The van der Waals surface area contributed by atoms with Crippen molar-refractivity contribution in [3.63, 3.8) is 0 Å². The molecule has 100 valence electrons. The number of carbonyl (C=O) groups is 1. The predicted octanol–water partition coefficient (Wildman–Crippen LogP) is 0.710. The summed E-state index contributed by atoms with van der Waals surface area (Å²) in [7, 11) is 1.39. The average Bonchev–Trinajstić information content (AvgIpc) is 2.36. The van der Waals surface area contributed by atoms with E-state index in [1.165, 1.54) is 7.11 Å². The first-order valence-electron chi connectivity index (χ1n) is 5.96. The quantitative estimate of drug-likeness (QED) is 0.722. The van der Waals surface area contributed by atoms with Crippen LogP contribution in [0, 0.1) is 5.41 Å². The minimum atomic E-state index is -0.644. The summed E-state index contributed by atoms with van der Waals surface area (Å²) in [5.74, 6) is -0.267. The Kier molecular flexibility index (Phi) is 4.91. The smallest absolute Gasteiger partial charge is 0.313 e. The van der Waals surface area contributed by atoms with E-state index < -0.39 is 5.41 Å². The maximum atomic E-state index is 11.5. The van der Waals surface area contributed by atoms with Crippen molar-refractivity contribution in [2.24, 2.45) is 11.1 Å². The van der Waals surface area contributed by atoms with E-state index in [0.717, 1.165) is 12.8 Å². The van der Waals surface area contributed by atoms with E-state index in [1.807, 2.05) is 13.8 Å². The van der Waals surface area contributed by atoms with Crippen LogP contribution in [0.4, 0.5) is 0 Å². The average molecular weight is 245 g/mol. The third-order valence-corrected chi connectivity index (χ3v) is 3.25. The Balaban J connectivity index is 2.55. The third-order valence-electron chi connectivity index (χ3n) is 3.25. The highest BCUT2D eigenvalue weighted by atomic mass is 16.5. The molecule has 0 spiro atoms. The first-order valence-corrected chi connectivity index (χ1v) is 5.96. The zero-order valence-electron chi connectivity index (χ0n) is 11.0. The number of nitrogens with two attached hydrogens (primary N) is 1. The van der Waals surface area contributed by atoms with Gasteiger partial charge in [-0.3, -0.25) is 4.79 Å². The number of hydrogen-bond donors (Lipinski definition) is 1. The molecule has 5 nitrogen and oxygen atoms in total. The van der Waals surface area contributed by atoms with Crippen LogP contribution in [0.15, 0.2) is 0 Å². The molecular formula is C12H23NO4. The maximum Gasteiger partial charge on any atom is 0.313 e. The molecule has 0 bridgehead atoms. The summed E-state index contributed by atoms with van der Waals surface area (Å²) < 4.78 is 15.9. The highest BCUT2D eigenvalue weighted by molar-refractivity contribution is 5.75. The van der Waals surface area contributed by atoms with Crippen LogP contribution in [0.5, 0.6) is 0 Å². The van der Waals surface area contributed by atoms with Crippen molar-refractivity contribution < 1.29 is 19.0 Å². The highest BCUT2D eigenvalue weighted by Gasteiger charge is 2.37. The molecule has 17 heavy (non-hydrogen) atoms. The molecule has 0 unspecified atom stereocenters. The lowest BCUT2D eigenvalue weighted by Crippen LogP contribution is -2.48. The molecule has 0 aromatic rings. The van der Waals surface area contributed by atoms with E-state index in [9.17, 15) is 4.79 Å². The van der Waals surface area contributed by atoms with Gasteiger partial charge >= 0.3 is 5.97 Å². The first kappa shape index (κ1) is 14.4. The molecule has 0 saturated carbocycles. The van der Waals surface area contributed by atoms with Gasteiger partial charge in [-0.1, -0.05) is 0 Å². The van der Waals surface area contributed by atoms with E-state index in [0.29, 0.717) is 26.4 Å². The molecule has 1 rings (SSSR count). The minimum absolute atomic E-state index is 0.267. The largest absolute Gasteiger partial charge is 0.469 e.